The molecule has 0 radical (unpaired) electrons. The average molecular weight is 323 g/mol. The van der Waals surface area contributed by atoms with Crippen molar-refractivity contribution >= 4 is 5.91 Å². The highest BCUT2D eigenvalue weighted by atomic mass is 16.1. The van der Waals surface area contributed by atoms with Gasteiger partial charge in [0.2, 0.25) is 5.91 Å². The summed E-state index contributed by atoms with van der Waals surface area (Å²) in [6.07, 6.45) is 7.29. The summed E-state index contributed by atoms with van der Waals surface area (Å²) in [6.45, 7) is 13.7. The lowest BCUT2D eigenvalue weighted by Crippen LogP contribution is -2.41. The molecule has 3 heteroatoms. The Hall–Kier alpha value is -0.570. The third-order valence-electron chi connectivity index (χ3n) is 6.77. The Morgan fingerprint density at radius 1 is 1.22 bits per heavy atom. The molecule has 3 nitrogen and oxygen atoms in total. The topological polar surface area (TPSA) is 32.3 Å². The standard InChI is InChI=1S/C20H38N2O/c1-5-15(2)17(4)19-14-18(9-8-16(19)3)20(23)21-10-13-22-11-6-7-12-22/h15-19H,5-14H2,1-4H3,(H,21,23). The minimum absolute atomic E-state index is 0.251. The van der Waals surface area contributed by atoms with Gasteiger partial charge in [-0.1, -0.05) is 34.1 Å². The third-order valence-corrected chi connectivity index (χ3v) is 6.77. The average Bonchev–Trinajstić information content (AvgIpc) is 3.07. The van der Waals surface area contributed by atoms with Crippen LogP contribution in [0.5, 0.6) is 0 Å². The molecule has 1 amide bonds. The summed E-state index contributed by atoms with van der Waals surface area (Å²) in [4.78, 5) is 15.0. The third kappa shape index (κ3) is 5.20. The number of hydrogen-bond donors (Lipinski definition) is 1. The predicted molar refractivity (Wildman–Crippen MR) is 97.3 cm³/mol. The number of hydrogen-bond acceptors (Lipinski definition) is 2. The second-order valence-corrected chi connectivity index (χ2v) is 8.24. The molecular weight excluding hydrogens is 284 g/mol. The number of carbonyl (C=O) groups excluding carboxylic acids is 1. The van der Waals surface area contributed by atoms with Gasteiger partial charge >= 0.3 is 0 Å². The van der Waals surface area contributed by atoms with Crippen molar-refractivity contribution in [1.29, 1.82) is 0 Å². The highest BCUT2D eigenvalue weighted by Crippen LogP contribution is 2.41. The van der Waals surface area contributed by atoms with Gasteiger partial charge in [-0.05, 0) is 68.9 Å². The summed E-state index contributed by atoms with van der Waals surface area (Å²) < 4.78 is 0. The second-order valence-electron chi connectivity index (χ2n) is 8.24. The Morgan fingerprint density at radius 3 is 2.57 bits per heavy atom. The lowest BCUT2D eigenvalue weighted by atomic mass is 9.66. The molecule has 2 aliphatic rings. The summed E-state index contributed by atoms with van der Waals surface area (Å²) in [5.74, 6) is 3.55. The molecule has 0 spiro atoms. The summed E-state index contributed by atoms with van der Waals surface area (Å²) in [7, 11) is 0. The van der Waals surface area contributed by atoms with Gasteiger partial charge in [-0.25, -0.2) is 0 Å². The zero-order valence-corrected chi connectivity index (χ0v) is 15.8. The van der Waals surface area contributed by atoms with Gasteiger partial charge in [0.15, 0.2) is 0 Å². The zero-order valence-electron chi connectivity index (χ0n) is 15.8. The smallest absolute Gasteiger partial charge is 0.223 e. The van der Waals surface area contributed by atoms with Crippen LogP contribution in [0.2, 0.25) is 0 Å². The number of nitrogens with zero attached hydrogens (tertiary/aromatic N) is 1. The lowest BCUT2D eigenvalue weighted by molar-refractivity contribution is -0.127. The predicted octanol–water partition coefficient (Wildman–Crippen LogP) is 3.93. The first-order chi connectivity index (χ1) is 11.0. The number of amides is 1. The molecule has 2 rings (SSSR count). The maximum absolute atomic E-state index is 12.6. The number of carbonyl (C=O) groups is 1. The summed E-state index contributed by atoms with van der Waals surface area (Å²) in [5.41, 5.74) is 0. The van der Waals surface area contributed by atoms with Gasteiger partial charge in [0.25, 0.3) is 0 Å². The Kier molecular flexibility index (Phi) is 7.39. The molecule has 2 fully saturated rings. The van der Waals surface area contributed by atoms with Crippen LogP contribution in [0, 0.1) is 29.6 Å². The van der Waals surface area contributed by atoms with Crippen LogP contribution >= 0.6 is 0 Å². The monoisotopic (exact) mass is 322 g/mol. The minimum atomic E-state index is 0.251. The van der Waals surface area contributed by atoms with Crippen molar-refractivity contribution in [2.24, 2.45) is 29.6 Å². The van der Waals surface area contributed by atoms with Crippen molar-refractivity contribution in [3.63, 3.8) is 0 Å². The Balaban J connectivity index is 1.78. The quantitative estimate of drug-likeness (QED) is 0.770. The normalized spacial score (nSPS) is 31.7. The number of rotatable bonds is 7. The molecule has 0 aromatic heterocycles. The van der Waals surface area contributed by atoms with Gasteiger partial charge in [-0.2, -0.15) is 0 Å². The van der Waals surface area contributed by atoms with Crippen LogP contribution in [-0.2, 0) is 4.79 Å². The van der Waals surface area contributed by atoms with Gasteiger partial charge in [-0.3, -0.25) is 4.79 Å². The van der Waals surface area contributed by atoms with Gasteiger partial charge in [0.05, 0.1) is 0 Å². The summed E-state index contributed by atoms with van der Waals surface area (Å²) in [6, 6.07) is 0. The van der Waals surface area contributed by atoms with Gasteiger partial charge in [0.1, 0.15) is 0 Å². The maximum atomic E-state index is 12.6. The molecule has 1 N–H and O–H groups in total. The van der Waals surface area contributed by atoms with E-state index in [0.717, 1.165) is 43.7 Å². The van der Waals surface area contributed by atoms with Crippen LogP contribution < -0.4 is 5.32 Å². The van der Waals surface area contributed by atoms with Crippen molar-refractivity contribution in [2.45, 2.75) is 66.2 Å². The first-order valence-electron chi connectivity index (χ1n) is 10.0. The van der Waals surface area contributed by atoms with Crippen molar-refractivity contribution in [1.82, 2.24) is 10.2 Å². The van der Waals surface area contributed by atoms with Crippen LogP contribution in [-0.4, -0.2) is 37.0 Å². The molecule has 0 aromatic carbocycles. The van der Waals surface area contributed by atoms with Crippen molar-refractivity contribution in [3.05, 3.63) is 0 Å². The van der Waals surface area contributed by atoms with E-state index in [1.165, 1.54) is 38.8 Å². The SMILES string of the molecule is CCC(C)C(C)C1CC(C(=O)NCCN2CCCC2)CCC1C. The molecule has 1 aliphatic carbocycles. The molecule has 0 bridgehead atoms. The van der Waals surface area contributed by atoms with Crippen molar-refractivity contribution in [3.8, 4) is 0 Å². The van der Waals surface area contributed by atoms with Gasteiger partial charge in [0, 0.05) is 19.0 Å². The fourth-order valence-corrected chi connectivity index (χ4v) is 4.61. The minimum Gasteiger partial charge on any atom is -0.355 e. The lowest BCUT2D eigenvalue weighted by Gasteiger charge is -2.39. The fraction of sp³-hybridized carbons (Fsp3) is 0.950. The van der Waals surface area contributed by atoms with E-state index < -0.39 is 0 Å². The number of nitrogens with one attached hydrogen (secondary N) is 1. The van der Waals surface area contributed by atoms with E-state index >= 15 is 0 Å². The Morgan fingerprint density at radius 2 is 1.91 bits per heavy atom. The van der Waals surface area contributed by atoms with Crippen LogP contribution in [0.4, 0.5) is 0 Å². The van der Waals surface area contributed by atoms with E-state index in [1.807, 2.05) is 0 Å². The van der Waals surface area contributed by atoms with Crippen LogP contribution in [0.3, 0.4) is 0 Å². The zero-order chi connectivity index (χ0) is 16.8. The van der Waals surface area contributed by atoms with E-state index in [2.05, 4.69) is 37.9 Å². The largest absolute Gasteiger partial charge is 0.355 e. The van der Waals surface area contributed by atoms with Crippen molar-refractivity contribution in [2.75, 3.05) is 26.2 Å². The molecular formula is C20H38N2O. The van der Waals surface area contributed by atoms with Gasteiger partial charge < -0.3 is 10.2 Å². The van der Waals surface area contributed by atoms with Crippen LogP contribution in [0.1, 0.15) is 66.2 Å². The Bertz CT molecular complexity index is 365. The maximum Gasteiger partial charge on any atom is 0.223 e. The van der Waals surface area contributed by atoms with Crippen LogP contribution in [0.25, 0.3) is 0 Å². The fourth-order valence-electron chi connectivity index (χ4n) is 4.61. The molecule has 1 heterocycles. The van der Waals surface area contributed by atoms with Crippen LogP contribution in [0.15, 0.2) is 0 Å². The highest BCUT2D eigenvalue weighted by molar-refractivity contribution is 5.78. The van der Waals surface area contributed by atoms with Gasteiger partial charge in [-0.15, -0.1) is 0 Å². The molecule has 1 saturated heterocycles. The van der Waals surface area contributed by atoms with E-state index in [1.54, 1.807) is 0 Å². The molecule has 5 atom stereocenters. The Labute approximate surface area is 143 Å². The number of likely N-dealkylation sites (tertiary alicyclic amines) is 1. The molecule has 1 aliphatic heterocycles. The molecule has 0 aromatic rings. The molecule has 23 heavy (non-hydrogen) atoms. The summed E-state index contributed by atoms with van der Waals surface area (Å²) >= 11 is 0. The summed E-state index contributed by atoms with van der Waals surface area (Å²) in [5, 5.41) is 3.22. The van der Waals surface area contributed by atoms with E-state index in [9.17, 15) is 4.79 Å². The molecule has 134 valence electrons. The van der Waals surface area contributed by atoms with E-state index in [-0.39, 0.29) is 5.92 Å². The first-order valence-corrected chi connectivity index (χ1v) is 10.0. The molecule has 1 saturated carbocycles. The van der Waals surface area contributed by atoms with E-state index in [4.69, 9.17) is 0 Å². The van der Waals surface area contributed by atoms with E-state index in [0.29, 0.717) is 11.8 Å². The molecule has 5 unspecified atom stereocenters. The van der Waals surface area contributed by atoms with Crippen molar-refractivity contribution < 1.29 is 4.79 Å². The first kappa shape index (κ1) is 18.8. The second kappa shape index (κ2) is 9.05. The highest BCUT2D eigenvalue weighted by Gasteiger charge is 2.35.